The van der Waals surface area contributed by atoms with E-state index in [1.54, 1.807) is 6.92 Å². The number of aryl methyl sites for hydroxylation is 1. The van der Waals surface area contributed by atoms with Gasteiger partial charge in [0.1, 0.15) is 5.82 Å². The molecule has 0 radical (unpaired) electrons. The lowest BCUT2D eigenvalue weighted by molar-refractivity contribution is -0.139. The molecule has 2 amide bonds. The van der Waals surface area contributed by atoms with Gasteiger partial charge in [0.05, 0.1) is 16.4 Å². The fourth-order valence-corrected chi connectivity index (χ4v) is 2.76. The maximum Gasteiger partial charge on any atom is 0.319 e. The van der Waals surface area contributed by atoms with E-state index in [0.29, 0.717) is 24.1 Å². The Kier molecular flexibility index (Phi) is 4.51. The Hall–Kier alpha value is -1.63. The van der Waals surface area contributed by atoms with E-state index in [4.69, 9.17) is 5.11 Å². The van der Waals surface area contributed by atoms with Gasteiger partial charge in [0.2, 0.25) is 0 Å². The summed E-state index contributed by atoms with van der Waals surface area (Å²) in [5.41, 5.74) is 0.401. The van der Waals surface area contributed by atoms with Crippen molar-refractivity contribution >= 4 is 33.6 Å². The number of halogens is 2. The largest absolute Gasteiger partial charge is 0.481 e. The van der Waals surface area contributed by atoms with E-state index in [0.717, 1.165) is 6.42 Å². The Morgan fingerprint density at radius 3 is 2.62 bits per heavy atom. The van der Waals surface area contributed by atoms with Crippen LogP contribution in [0.4, 0.5) is 14.9 Å². The van der Waals surface area contributed by atoms with Crippen molar-refractivity contribution < 1.29 is 19.1 Å². The highest BCUT2D eigenvalue weighted by molar-refractivity contribution is 9.10. The van der Waals surface area contributed by atoms with Crippen LogP contribution in [0.5, 0.6) is 0 Å². The summed E-state index contributed by atoms with van der Waals surface area (Å²) < 4.78 is 13.6. The molecule has 0 heterocycles. The maximum atomic E-state index is 13.3. The van der Waals surface area contributed by atoms with Crippen LogP contribution in [-0.4, -0.2) is 22.6 Å². The average Bonchev–Trinajstić information content (AvgIpc) is 2.32. The first-order valence-corrected chi connectivity index (χ1v) is 7.37. The Bertz CT molecular complexity index is 588. The minimum absolute atomic E-state index is 0.0908. The summed E-state index contributed by atoms with van der Waals surface area (Å²) >= 11 is 3.06. The van der Waals surface area contributed by atoms with E-state index in [1.807, 2.05) is 0 Å². The first-order valence-electron chi connectivity index (χ1n) is 6.58. The highest BCUT2D eigenvalue weighted by Crippen LogP contribution is 2.35. The third kappa shape index (κ3) is 3.72. The smallest absolute Gasteiger partial charge is 0.319 e. The second-order valence-electron chi connectivity index (χ2n) is 5.36. The number of anilines is 1. The van der Waals surface area contributed by atoms with Crippen molar-refractivity contribution in [3.63, 3.8) is 0 Å². The molecule has 0 spiro atoms. The second-order valence-corrected chi connectivity index (χ2v) is 6.22. The van der Waals surface area contributed by atoms with Crippen LogP contribution in [0, 0.1) is 12.7 Å². The van der Waals surface area contributed by atoms with Crippen LogP contribution in [0.2, 0.25) is 0 Å². The van der Waals surface area contributed by atoms with Crippen LogP contribution >= 0.6 is 15.9 Å². The molecule has 1 aliphatic rings. The Morgan fingerprint density at radius 2 is 2.10 bits per heavy atom. The molecule has 7 heteroatoms. The highest BCUT2D eigenvalue weighted by atomic mass is 79.9. The number of carbonyl (C=O) groups excluding carboxylic acids is 1. The lowest BCUT2D eigenvalue weighted by Crippen LogP contribution is -2.55. The molecule has 0 saturated heterocycles. The number of rotatable bonds is 4. The Balaban J connectivity index is 2.05. The molecule has 1 fully saturated rings. The topological polar surface area (TPSA) is 78.4 Å². The van der Waals surface area contributed by atoms with Gasteiger partial charge in [0.25, 0.3) is 0 Å². The number of carbonyl (C=O) groups is 2. The summed E-state index contributed by atoms with van der Waals surface area (Å²) in [6.07, 6.45) is 2.11. The minimum Gasteiger partial charge on any atom is -0.481 e. The highest BCUT2D eigenvalue weighted by Gasteiger charge is 2.40. The van der Waals surface area contributed by atoms with Crippen LogP contribution in [0.1, 0.15) is 31.2 Å². The van der Waals surface area contributed by atoms with Crippen molar-refractivity contribution in [3.8, 4) is 0 Å². The quantitative estimate of drug-likeness (QED) is 0.771. The number of benzene rings is 1. The van der Waals surface area contributed by atoms with E-state index >= 15 is 0 Å². The molecule has 21 heavy (non-hydrogen) atoms. The molecule has 1 aromatic carbocycles. The molecule has 3 N–H and O–H groups in total. The van der Waals surface area contributed by atoms with Gasteiger partial charge in [-0.1, -0.05) is 0 Å². The molecule has 5 nitrogen and oxygen atoms in total. The predicted molar refractivity (Wildman–Crippen MR) is 79.8 cm³/mol. The van der Waals surface area contributed by atoms with Crippen molar-refractivity contribution in [3.05, 3.63) is 28.0 Å². The van der Waals surface area contributed by atoms with Gasteiger partial charge in [-0.25, -0.2) is 9.18 Å². The van der Waals surface area contributed by atoms with Gasteiger partial charge in [-0.15, -0.1) is 0 Å². The Labute approximate surface area is 130 Å². The van der Waals surface area contributed by atoms with Crippen LogP contribution in [-0.2, 0) is 4.79 Å². The van der Waals surface area contributed by atoms with Crippen molar-refractivity contribution in [2.24, 2.45) is 0 Å². The molecular weight excluding hydrogens is 343 g/mol. The first kappa shape index (κ1) is 15.8. The third-order valence-electron chi connectivity index (χ3n) is 3.69. The zero-order chi connectivity index (χ0) is 15.6. The summed E-state index contributed by atoms with van der Waals surface area (Å²) in [6, 6.07) is 2.32. The van der Waals surface area contributed by atoms with Gasteiger partial charge < -0.3 is 15.7 Å². The molecule has 0 aliphatic heterocycles. The molecule has 0 atom stereocenters. The summed E-state index contributed by atoms with van der Waals surface area (Å²) in [7, 11) is 0. The number of nitrogens with one attached hydrogen (secondary N) is 2. The van der Waals surface area contributed by atoms with Crippen molar-refractivity contribution in [1.82, 2.24) is 5.32 Å². The lowest BCUT2D eigenvalue weighted by atomic mass is 9.74. The van der Waals surface area contributed by atoms with E-state index in [1.165, 1.54) is 12.1 Å². The molecular formula is C14H16BrFN2O3. The van der Waals surface area contributed by atoms with Gasteiger partial charge in [0, 0.05) is 5.69 Å². The van der Waals surface area contributed by atoms with Gasteiger partial charge in [-0.3, -0.25) is 4.79 Å². The molecule has 2 rings (SSSR count). The molecule has 0 aromatic heterocycles. The number of urea groups is 1. The predicted octanol–water partition coefficient (Wildman–Crippen LogP) is 3.42. The van der Waals surface area contributed by atoms with Gasteiger partial charge in [-0.2, -0.15) is 0 Å². The lowest BCUT2D eigenvalue weighted by Gasteiger charge is -2.41. The van der Waals surface area contributed by atoms with Crippen molar-refractivity contribution in [2.45, 2.75) is 38.1 Å². The van der Waals surface area contributed by atoms with Crippen LogP contribution in [0.3, 0.4) is 0 Å². The van der Waals surface area contributed by atoms with Gasteiger partial charge >= 0.3 is 12.0 Å². The second kappa shape index (κ2) is 6.01. The van der Waals surface area contributed by atoms with E-state index in [-0.39, 0.29) is 10.9 Å². The summed E-state index contributed by atoms with van der Waals surface area (Å²) in [5.74, 6) is -1.34. The standard InChI is InChI=1S/C14H16BrFN2O3/c1-8-5-10(16)9(15)6-11(8)17-13(21)18-14(3-2-4-14)7-12(19)20/h5-6H,2-4,7H2,1H3,(H,19,20)(H2,17,18,21). The van der Waals surface area contributed by atoms with Crippen molar-refractivity contribution in [2.75, 3.05) is 5.32 Å². The fourth-order valence-electron chi connectivity index (χ4n) is 2.41. The molecule has 0 unspecified atom stereocenters. The van der Waals surface area contributed by atoms with Gasteiger partial charge in [0.15, 0.2) is 0 Å². The number of carboxylic acids is 1. The SMILES string of the molecule is Cc1cc(F)c(Br)cc1NC(=O)NC1(CC(=O)O)CCC1. The van der Waals surface area contributed by atoms with E-state index < -0.39 is 23.4 Å². The van der Waals surface area contributed by atoms with Crippen molar-refractivity contribution in [1.29, 1.82) is 0 Å². The third-order valence-corrected chi connectivity index (χ3v) is 4.30. The molecule has 0 bridgehead atoms. The number of aliphatic carboxylic acids is 1. The molecule has 1 saturated carbocycles. The maximum absolute atomic E-state index is 13.3. The Morgan fingerprint density at radius 1 is 1.43 bits per heavy atom. The van der Waals surface area contributed by atoms with E-state index in [9.17, 15) is 14.0 Å². The normalized spacial score (nSPS) is 16.0. The van der Waals surface area contributed by atoms with Gasteiger partial charge in [-0.05, 0) is 59.8 Å². The number of amides is 2. The zero-order valence-corrected chi connectivity index (χ0v) is 13.1. The first-order chi connectivity index (χ1) is 9.81. The minimum atomic E-state index is -0.935. The van der Waals surface area contributed by atoms with Crippen LogP contribution in [0.15, 0.2) is 16.6 Å². The number of hydrogen-bond acceptors (Lipinski definition) is 2. The summed E-state index contributed by atoms with van der Waals surface area (Å²) in [5, 5.41) is 14.3. The van der Waals surface area contributed by atoms with Crippen LogP contribution in [0.25, 0.3) is 0 Å². The average molecular weight is 359 g/mol. The van der Waals surface area contributed by atoms with Crippen LogP contribution < -0.4 is 10.6 Å². The summed E-state index contributed by atoms with van der Waals surface area (Å²) in [6.45, 7) is 1.68. The number of hydrogen-bond donors (Lipinski definition) is 3. The summed E-state index contributed by atoms with van der Waals surface area (Å²) in [4.78, 5) is 22.9. The zero-order valence-electron chi connectivity index (χ0n) is 11.5. The molecule has 114 valence electrons. The molecule has 1 aromatic rings. The monoisotopic (exact) mass is 358 g/mol. The molecule has 1 aliphatic carbocycles. The fraction of sp³-hybridized carbons (Fsp3) is 0.429. The number of carboxylic acid groups (broad SMARTS) is 1. The van der Waals surface area contributed by atoms with E-state index in [2.05, 4.69) is 26.6 Å².